The molecule has 126 valence electrons. The molecule has 3 rings (SSSR count). The summed E-state index contributed by atoms with van der Waals surface area (Å²) in [6, 6.07) is 16.4. The van der Waals surface area contributed by atoms with Gasteiger partial charge in [0, 0.05) is 12.1 Å². The number of nitrogens with two attached hydrogens (primary N) is 1. The van der Waals surface area contributed by atoms with Gasteiger partial charge >= 0.3 is 0 Å². The Morgan fingerprint density at radius 1 is 1.21 bits per heavy atom. The molecule has 0 aliphatic heterocycles. The molecule has 0 saturated heterocycles. The van der Waals surface area contributed by atoms with Gasteiger partial charge in [0.1, 0.15) is 0 Å². The summed E-state index contributed by atoms with van der Waals surface area (Å²) in [4.78, 5) is 12.6. The molecule has 1 unspecified atom stereocenters. The van der Waals surface area contributed by atoms with E-state index < -0.39 is 0 Å². The van der Waals surface area contributed by atoms with Crippen molar-refractivity contribution in [3.05, 3.63) is 65.2 Å². The standard InChI is InChI=1S/C21H26N2O/c1-21(2,16-8-4-3-5-9-16)14-20(24)23-19-10-6-7-15-13-17(22)11-12-18(15)19/h3-5,8-9,11-13,19H,6-7,10,14,22H2,1-2H3,(H,23,24). The first-order chi connectivity index (χ1) is 11.5. The first-order valence-electron chi connectivity index (χ1n) is 8.69. The Kier molecular flexibility index (Phi) is 4.61. The summed E-state index contributed by atoms with van der Waals surface area (Å²) in [5.41, 5.74) is 10.2. The SMILES string of the molecule is CC(C)(CC(=O)NC1CCCc2cc(N)ccc21)c1ccccc1. The lowest BCUT2D eigenvalue weighted by molar-refractivity contribution is -0.123. The Morgan fingerprint density at radius 3 is 2.71 bits per heavy atom. The quantitative estimate of drug-likeness (QED) is 0.832. The second-order valence-corrected chi connectivity index (χ2v) is 7.40. The summed E-state index contributed by atoms with van der Waals surface area (Å²) in [5.74, 6) is 0.110. The molecule has 0 saturated carbocycles. The summed E-state index contributed by atoms with van der Waals surface area (Å²) >= 11 is 0. The van der Waals surface area contributed by atoms with E-state index in [-0.39, 0.29) is 17.4 Å². The Labute approximate surface area is 144 Å². The molecule has 0 heterocycles. The van der Waals surface area contributed by atoms with E-state index in [1.807, 2.05) is 30.3 Å². The van der Waals surface area contributed by atoms with Crippen LogP contribution in [-0.4, -0.2) is 5.91 Å². The third kappa shape index (κ3) is 3.61. The Morgan fingerprint density at radius 2 is 1.96 bits per heavy atom. The molecule has 0 aromatic heterocycles. The zero-order valence-corrected chi connectivity index (χ0v) is 14.5. The maximum atomic E-state index is 12.6. The van der Waals surface area contributed by atoms with Crippen molar-refractivity contribution in [1.29, 1.82) is 0 Å². The molecule has 0 fully saturated rings. The lowest BCUT2D eigenvalue weighted by atomic mass is 9.81. The van der Waals surface area contributed by atoms with E-state index in [9.17, 15) is 4.79 Å². The number of anilines is 1. The molecule has 2 aromatic carbocycles. The number of nitrogens with one attached hydrogen (secondary N) is 1. The van der Waals surface area contributed by atoms with Crippen molar-refractivity contribution in [2.45, 2.75) is 51.0 Å². The molecule has 0 radical (unpaired) electrons. The fourth-order valence-electron chi connectivity index (χ4n) is 3.62. The molecule has 3 heteroatoms. The van der Waals surface area contributed by atoms with E-state index >= 15 is 0 Å². The van der Waals surface area contributed by atoms with E-state index in [2.05, 4.69) is 37.4 Å². The van der Waals surface area contributed by atoms with Gasteiger partial charge in [-0.05, 0) is 53.5 Å². The number of carbonyl (C=O) groups is 1. The van der Waals surface area contributed by atoms with Crippen LogP contribution < -0.4 is 11.1 Å². The van der Waals surface area contributed by atoms with Gasteiger partial charge in [0.25, 0.3) is 0 Å². The topological polar surface area (TPSA) is 55.1 Å². The van der Waals surface area contributed by atoms with Gasteiger partial charge in [0.15, 0.2) is 0 Å². The molecule has 1 aliphatic rings. The third-order valence-electron chi connectivity index (χ3n) is 4.97. The number of nitrogen functional groups attached to an aromatic ring is 1. The van der Waals surface area contributed by atoms with Gasteiger partial charge in [0.05, 0.1) is 6.04 Å². The number of aryl methyl sites for hydroxylation is 1. The highest BCUT2D eigenvalue weighted by Crippen LogP contribution is 2.32. The fourth-order valence-corrected chi connectivity index (χ4v) is 3.62. The van der Waals surface area contributed by atoms with E-state index in [1.54, 1.807) is 0 Å². The fraction of sp³-hybridized carbons (Fsp3) is 0.381. The van der Waals surface area contributed by atoms with Crippen LogP contribution in [0.5, 0.6) is 0 Å². The Hall–Kier alpha value is -2.29. The molecular weight excluding hydrogens is 296 g/mol. The largest absolute Gasteiger partial charge is 0.399 e. The lowest BCUT2D eigenvalue weighted by Crippen LogP contribution is -2.35. The van der Waals surface area contributed by atoms with E-state index in [1.165, 1.54) is 16.7 Å². The number of hydrogen-bond donors (Lipinski definition) is 2. The molecule has 1 amide bonds. The molecule has 3 nitrogen and oxygen atoms in total. The first-order valence-corrected chi connectivity index (χ1v) is 8.69. The van der Waals surface area contributed by atoms with Crippen molar-refractivity contribution in [2.24, 2.45) is 0 Å². The van der Waals surface area contributed by atoms with Gasteiger partial charge in [-0.25, -0.2) is 0 Å². The second kappa shape index (κ2) is 6.68. The van der Waals surface area contributed by atoms with E-state index in [0.717, 1.165) is 24.9 Å². The predicted octanol–water partition coefficient (Wildman–Crippen LogP) is 4.13. The van der Waals surface area contributed by atoms with Gasteiger partial charge < -0.3 is 11.1 Å². The molecule has 0 bridgehead atoms. The van der Waals surface area contributed by atoms with Crippen LogP contribution in [0.15, 0.2) is 48.5 Å². The molecule has 24 heavy (non-hydrogen) atoms. The van der Waals surface area contributed by atoms with Gasteiger partial charge in [0.2, 0.25) is 5.91 Å². The highest BCUT2D eigenvalue weighted by molar-refractivity contribution is 5.78. The minimum atomic E-state index is -0.177. The molecular formula is C21H26N2O. The van der Waals surface area contributed by atoms with Gasteiger partial charge in [-0.3, -0.25) is 4.79 Å². The zero-order chi connectivity index (χ0) is 17.2. The van der Waals surface area contributed by atoms with Gasteiger partial charge in [-0.1, -0.05) is 50.2 Å². The predicted molar refractivity (Wildman–Crippen MR) is 98.8 cm³/mol. The van der Waals surface area contributed by atoms with Gasteiger partial charge in [-0.2, -0.15) is 0 Å². The van der Waals surface area contributed by atoms with Crippen LogP contribution in [0.2, 0.25) is 0 Å². The number of rotatable bonds is 4. The van der Waals surface area contributed by atoms with Gasteiger partial charge in [-0.15, -0.1) is 0 Å². The Bertz CT molecular complexity index is 722. The smallest absolute Gasteiger partial charge is 0.221 e. The first kappa shape index (κ1) is 16.6. The normalized spacial score (nSPS) is 17.2. The van der Waals surface area contributed by atoms with Crippen molar-refractivity contribution in [3.8, 4) is 0 Å². The average molecular weight is 322 g/mol. The van der Waals surface area contributed by atoms with Crippen LogP contribution in [0.1, 0.15) is 55.8 Å². The number of amides is 1. The molecule has 1 atom stereocenters. The molecule has 0 spiro atoms. The summed E-state index contributed by atoms with van der Waals surface area (Å²) in [6.45, 7) is 4.24. The number of carbonyl (C=O) groups excluding carboxylic acids is 1. The van der Waals surface area contributed by atoms with Crippen LogP contribution in [0.25, 0.3) is 0 Å². The highest BCUT2D eigenvalue weighted by Gasteiger charge is 2.27. The van der Waals surface area contributed by atoms with Crippen molar-refractivity contribution < 1.29 is 4.79 Å². The number of benzene rings is 2. The third-order valence-corrected chi connectivity index (χ3v) is 4.97. The monoisotopic (exact) mass is 322 g/mol. The highest BCUT2D eigenvalue weighted by atomic mass is 16.1. The number of fused-ring (bicyclic) bond motifs is 1. The van der Waals surface area contributed by atoms with Crippen molar-refractivity contribution in [3.63, 3.8) is 0 Å². The summed E-state index contributed by atoms with van der Waals surface area (Å²) < 4.78 is 0. The zero-order valence-electron chi connectivity index (χ0n) is 14.5. The van der Waals surface area contributed by atoms with Crippen LogP contribution in [-0.2, 0) is 16.6 Å². The molecule has 3 N–H and O–H groups in total. The summed E-state index contributed by atoms with van der Waals surface area (Å²) in [7, 11) is 0. The molecule has 1 aliphatic carbocycles. The summed E-state index contributed by atoms with van der Waals surface area (Å²) in [5, 5.41) is 3.24. The van der Waals surface area contributed by atoms with E-state index in [0.29, 0.717) is 6.42 Å². The summed E-state index contributed by atoms with van der Waals surface area (Å²) in [6.07, 6.45) is 3.61. The van der Waals surface area contributed by atoms with Crippen molar-refractivity contribution in [2.75, 3.05) is 5.73 Å². The van der Waals surface area contributed by atoms with Crippen molar-refractivity contribution in [1.82, 2.24) is 5.32 Å². The molecule has 2 aromatic rings. The maximum absolute atomic E-state index is 12.6. The average Bonchev–Trinajstić information content (AvgIpc) is 2.55. The van der Waals surface area contributed by atoms with Crippen LogP contribution in [0, 0.1) is 0 Å². The minimum absolute atomic E-state index is 0.105. The second-order valence-electron chi connectivity index (χ2n) is 7.40. The lowest BCUT2D eigenvalue weighted by Gasteiger charge is -2.29. The van der Waals surface area contributed by atoms with E-state index in [4.69, 9.17) is 5.73 Å². The van der Waals surface area contributed by atoms with Crippen molar-refractivity contribution >= 4 is 11.6 Å². The van der Waals surface area contributed by atoms with Crippen LogP contribution >= 0.6 is 0 Å². The number of hydrogen-bond acceptors (Lipinski definition) is 2. The maximum Gasteiger partial charge on any atom is 0.221 e. The van der Waals surface area contributed by atoms with Crippen LogP contribution in [0.4, 0.5) is 5.69 Å². The van der Waals surface area contributed by atoms with Crippen LogP contribution in [0.3, 0.4) is 0 Å². The minimum Gasteiger partial charge on any atom is -0.399 e. The Balaban J connectivity index is 1.70.